The maximum Gasteiger partial charge on any atom is 0.247 e. The maximum absolute atomic E-state index is 12.8. The molecule has 27 heavy (non-hydrogen) atoms. The van der Waals surface area contributed by atoms with Crippen LogP contribution in [0.1, 0.15) is 52.7 Å². The van der Waals surface area contributed by atoms with Crippen molar-refractivity contribution in [3.63, 3.8) is 0 Å². The van der Waals surface area contributed by atoms with Gasteiger partial charge >= 0.3 is 0 Å². The predicted molar refractivity (Wildman–Crippen MR) is 101 cm³/mol. The molecule has 1 aliphatic rings. The molecule has 1 fully saturated rings. The fraction of sp³-hybridized carbons (Fsp3) is 0.778. The summed E-state index contributed by atoms with van der Waals surface area (Å²) in [4.78, 5) is 12.6. The van der Waals surface area contributed by atoms with Crippen molar-refractivity contribution in [1.82, 2.24) is 5.16 Å². The number of ether oxygens (including phenoxy) is 1. The topological polar surface area (TPSA) is 119 Å². The number of carbonyl (C=O) groups is 1. The van der Waals surface area contributed by atoms with E-state index in [0.29, 0.717) is 31.2 Å². The maximum atomic E-state index is 12.8. The Morgan fingerprint density at radius 3 is 2.52 bits per heavy atom. The molecule has 9 heteroatoms. The van der Waals surface area contributed by atoms with Crippen molar-refractivity contribution >= 4 is 21.6 Å². The smallest absolute Gasteiger partial charge is 0.247 e. The van der Waals surface area contributed by atoms with Crippen LogP contribution in [-0.4, -0.2) is 54.9 Å². The highest BCUT2D eigenvalue weighted by Crippen LogP contribution is 2.27. The number of nitrogens with zero attached hydrogens (tertiary/aromatic N) is 1. The van der Waals surface area contributed by atoms with E-state index in [0.717, 1.165) is 12.8 Å². The summed E-state index contributed by atoms with van der Waals surface area (Å²) in [5.41, 5.74) is -0.155. The highest BCUT2D eigenvalue weighted by molar-refractivity contribution is 7.93. The Bertz CT molecular complexity index is 748. The lowest BCUT2D eigenvalue weighted by Gasteiger charge is -2.26. The number of rotatable bonds is 8. The molecule has 2 heterocycles. The summed E-state index contributed by atoms with van der Waals surface area (Å²) in [6.45, 7) is 7.54. The van der Waals surface area contributed by atoms with Crippen molar-refractivity contribution in [2.24, 2.45) is 5.92 Å². The molecule has 0 saturated carbocycles. The molecule has 0 aliphatic carbocycles. The van der Waals surface area contributed by atoms with Gasteiger partial charge in [0.25, 0.3) is 0 Å². The lowest BCUT2D eigenvalue weighted by atomic mass is 9.91. The van der Waals surface area contributed by atoms with Crippen LogP contribution < -0.4 is 5.32 Å². The predicted octanol–water partition coefficient (Wildman–Crippen LogP) is 1.89. The molecule has 0 radical (unpaired) electrons. The third kappa shape index (κ3) is 5.08. The van der Waals surface area contributed by atoms with E-state index in [1.807, 2.05) is 0 Å². The van der Waals surface area contributed by atoms with Crippen LogP contribution in [0.25, 0.3) is 0 Å². The first kappa shape index (κ1) is 21.8. The number of carbonyl (C=O) groups excluding carboxylic acids is 1. The number of hydrogen-bond donors (Lipinski definition) is 2. The van der Waals surface area contributed by atoms with Crippen LogP contribution in [0.3, 0.4) is 0 Å². The van der Waals surface area contributed by atoms with E-state index in [4.69, 9.17) is 9.26 Å². The minimum absolute atomic E-state index is 0.0444. The number of sulfone groups is 1. The molecule has 1 aliphatic heterocycles. The van der Waals surface area contributed by atoms with E-state index < -0.39 is 25.9 Å². The van der Waals surface area contributed by atoms with Gasteiger partial charge in [-0.1, -0.05) is 19.0 Å². The second-order valence-electron chi connectivity index (χ2n) is 8.25. The van der Waals surface area contributed by atoms with Crippen molar-refractivity contribution in [2.75, 3.05) is 30.9 Å². The third-order valence-electron chi connectivity index (χ3n) is 5.30. The van der Waals surface area contributed by atoms with E-state index in [2.05, 4.69) is 10.5 Å². The Hall–Kier alpha value is -1.45. The van der Waals surface area contributed by atoms with Gasteiger partial charge in [-0.2, -0.15) is 0 Å². The minimum atomic E-state index is -3.66. The van der Waals surface area contributed by atoms with Gasteiger partial charge in [-0.05, 0) is 39.0 Å². The second kappa shape index (κ2) is 8.28. The molecule has 1 aromatic rings. The quantitative estimate of drug-likeness (QED) is 0.681. The number of aromatic nitrogens is 1. The van der Waals surface area contributed by atoms with E-state index in [1.165, 1.54) is 19.9 Å². The number of aliphatic hydroxyl groups is 1. The zero-order valence-electron chi connectivity index (χ0n) is 16.4. The third-order valence-corrected chi connectivity index (χ3v) is 7.81. The van der Waals surface area contributed by atoms with E-state index in [1.54, 1.807) is 13.8 Å². The van der Waals surface area contributed by atoms with Crippen molar-refractivity contribution in [2.45, 2.75) is 57.1 Å². The van der Waals surface area contributed by atoms with Gasteiger partial charge in [0.1, 0.15) is 4.75 Å². The Balaban J connectivity index is 2.02. The van der Waals surface area contributed by atoms with Gasteiger partial charge in [-0.15, -0.1) is 0 Å². The van der Waals surface area contributed by atoms with Crippen LogP contribution in [0.5, 0.6) is 0 Å². The molecule has 154 valence electrons. The van der Waals surface area contributed by atoms with Gasteiger partial charge in [-0.25, -0.2) is 8.42 Å². The molecular formula is C18H30N2O6S. The molecule has 1 aromatic heterocycles. The SMILES string of the molecule is CC(C)(CO)c1cc(NC(=O)C(C)(C)S(=O)(=O)CCC2CCOCC2)on1. The molecule has 8 nitrogen and oxygen atoms in total. The molecule has 1 amide bonds. The second-order valence-corrected chi connectivity index (χ2v) is 10.9. The van der Waals surface area contributed by atoms with Crippen molar-refractivity contribution in [3.8, 4) is 0 Å². The summed E-state index contributed by atoms with van der Waals surface area (Å²) in [7, 11) is -3.66. The average Bonchev–Trinajstić information content (AvgIpc) is 3.10. The van der Waals surface area contributed by atoms with Crippen LogP contribution in [0.2, 0.25) is 0 Å². The van der Waals surface area contributed by atoms with Gasteiger partial charge < -0.3 is 14.4 Å². The molecular weight excluding hydrogens is 372 g/mol. The van der Waals surface area contributed by atoms with Crippen molar-refractivity contribution in [3.05, 3.63) is 11.8 Å². The van der Waals surface area contributed by atoms with Gasteiger partial charge in [0.2, 0.25) is 11.8 Å². The highest BCUT2D eigenvalue weighted by atomic mass is 32.2. The number of nitrogens with one attached hydrogen (secondary N) is 1. The Labute approximate surface area is 160 Å². The summed E-state index contributed by atoms with van der Waals surface area (Å²) < 4.78 is 34.3. The van der Waals surface area contributed by atoms with E-state index in [-0.39, 0.29) is 18.2 Å². The van der Waals surface area contributed by atoms with Crippen LogP contribution in [-0.2, 0) is 24.8 Å². The molecule has 0 bridgehead atoms. The molecule has 0 aromatic carbocycles. The van der Waals surface area contributed by atoms with Gasteiger partial charge in [0, 0.05) is 24.7 Å². The molecule has 2 N–H and O–H groups in total. The molecule has 0 atom stereocenters. The highest BCUT2D eigenvalue weighted by Gasteiger charge is 2.42. The zero-order valence-corrected chi connectivity index (χ0v) is 17.3. The average molecular weight is 403 g/mol. The summed E-state index contributed by atoms with van der Waals surface area (Å²) in [5, 5.41) is 15.7. The lowest BCUT2D eigenvalue weighted by Crippen LogP contribution is -2.46. The Morgan fingerprint density at radius 1 is 1.30 bits per heavy atom. The summed E-state index contributed by atoms with van der Waals surface area (Å²) in [5.74, 6) is -0.342. The van der Waals surface area contributed by atoms with Crippen LogP contribution in [0.4, 0.5) is 5.88 Å². The number of anilines is 1. The molecule has 0 unspecified atom stereocenters. The number of hydrogen-bond acceptors (Lipinski definition) is 7. The monoisotopic (exact) mass is 402 g/mol. The normalized spacial score (nSPS) is 17.1. The fourth-order valence-corrected chi connectivity index (χ4v) is 4.24. The molecule has 1 saturated heterocycles. The summed E-state index contributed by atoms with van der Waals surface area (Å²) in [6.07, 6.45) is 2.23. The largest absolute Gasteiger partial charge is 0.395 e. The zero-order chi connectivity index (χ0) is 20.3. The van der Waals surface area contributed by atoms with Crippen molar-refractivity contribution < 1.29 is 27.6 Å². The van der Waals surface area contributed by atoms with Crippen LogP contribution in [0, 0.1) is 5.92 Å². The first-order chi connectivity index (χ1) is 12.5. The lowest BCUT2D eigenvalue weighted by molar-refractivity contribution is -0.118. The van der Waals surface area contributed by atoms with Crippen LogP contribution in [0.15, 0.2) is 10.6 Å². The van der Waals surface area contributed by atoms with E-state index >= 15 is 0 Å². The summed E-state index contributed by atoms with van der Waals surface area (Å²) in [6, 6.07) is 1.50. The number of amides is 1. The van der Waals surface area contributed by atoms with E-state index in [9.17, 15) is 18.3 Å². The standard InChI is InChI=1S/C18H30N2O6S/c1-17(2,12-21)14-11-15(26-20-14)19-16(22)18(3,4)27(23,24)10-7-13-5-8-25-9-6-13/h11,13,21H,5-10,12H2,1-4H3,(H,19,22). The fourth-order valence-electron chi connectivity index (χ4n) is 2.75. The molecule has 0 spiro atoms. The summed E-state index contributed by atoms with van der Waals surface area (Å²) >= 11 is 0. The van der Waals surface area contributed by atoms with Crippen LogP contribution >= 0.6 is 0 Å². The van der Waals surface area contributed by atoms with Crippen molar-refractivity contribution in [1.29, 1.82) is 0 Å². The van der Waals surface area contributed by atoms with Gasteiger partial charge in [0.15, 0.2) is 9.84 Å². The Morgan fingerprint density at radius 2 is 1.93 bits per heavy atom. The van der Waals surface area contributed by atoms with Gasteiger partial charge in [-0.3, -0.25) is 10.1 Å². The number of aliphatic hydroxyl groups excluding tert-OH is 1. The minimum Gasteiger partial charge on any atom is -0.395 e. The first-order valence-corrected chi connectivity index (χ1v) is 10.8. The first-order valence-electron chi connectivity index (χ1n) is 9.19. The van der Waals surface area contributed by atoms with Gasteiger partial charge in [0.05, 0.1) is 18.1 Å². The Kier molecular flexibility index (Phi) is 6.70. The molecule has 2 rings (SSSR count).